The highest BCUT2D eigenvalue weighted by molar-refractivity contribution is 7.14. The Balaban J connectivity index is 1.54. The fourth-order valence-corrected chi connectivity index (χ4v) is 4.70. The van der Waals surface area contributed by atoms with Crippen molar-refractivity contribution in [2.24, 2.45) is 5.41 Å². The number of fused-ring (bicyclic) bond motifs is 3. The second-order valence-corrected chi connectivity index (χ2v) is 9.93. The van der Waals surface area contributed by atoms with Crippen LogP contribution >= 0.6 is 22.9 Å². The summed E-state index contributed by atoms with van der Waals surface area (Å²) in [7, 11) is 0. The Labute approximate surface area is 189 Å². The minimum Gasteiger partial charge on any atom is -0.481 e. The molecule has 3 aromatic heterocycles. The van der Waals surface area contributed by atoms with Gasteiger partial charge in [-0.05, 0) is 55.0 Å². The van der Waals surface area contributed by atoms with Crippen LogP contribution in [0.1, 0.15) is 30.7 Å². The molecular formula is C22H24ClN3O4S. The van der Waals surface area contributed by atoms with Gasteiger partial charge in [-0.3, -0.25) is 9.59 Å². The molecule has 1 aliphatic rings. The summed E-state index contributed by atoms with van der Waals surface area (Å²) in [5, 5.41) is 12.3. The van der Waals surface area contributed by atoms with Gasteiger partial charge in [-0.25, -0.2) is 4.98 Å². The Morgan fingerprint density at radius 2 is 2.19 bits per heavy atom. The number of carboxylic acid groups (broad SMARTS) is 1. The minimum absolute atomic E-state index is 0.0176. The quantitative estimate of drug-likeness (QED) is 0.578. The highest BCUT2D eigenvalue weighted by atomic mass is 35.5. The molecule has 1 N–H and O–H groups in total. The first-order valence-electron chi connectivity index (χ1n) is 10.0. The maximum absolute atomic E-state index is 12.8. The Hall–Kier alpha value is -2.42. The summed E-state index contributed by atoms with van der Waals surface area (Å²) < 4.78 is 8.35. The van der Waals surface area contributed by atoms with E-state index in [1.54, 1.807) is 24.9 Å². The van der Waals surface area contributed by atoms with E-state index in [0.29, 0.717) is 19.6 Å². The van der Waals surface area contributed by atoms with E-state index in [4.69, 9.17) is 16.3 Å². The molecule has 0 saturated heterocycles. The van der Waals surface area contributed by atoms with Crippen LogP contribution in [0.5, 0.6) is 0 Å². The van der Waals surface area contributed by atoms with Crippen molar-refractivity contribution >= 4 is 45.8 Å². The number of thiophene rings is 1. The number of carbonyl (C=O) groups is 2. The lowest BCUT2D eigenvalue weighted by Gasteiger charge is -2.29. The predicted octanol–water partition coefficient (Wildman–Crippen LogP) is 3.81. The lowest BCUT2D eigenvalue weighted by atomic mass is 9.95. The van der Waals surface area contributed by atoms with Gasteiger partial charge in [-0.15, -0.1) is 11.3 Å². The zero-order chi connectivity index (χ0) is 22.2. The number of pyridine rings is 1. The van der Waals surface area contributed by atoms with Crippen LogP contribution in [0, 0.1) is 5.41 Å². The van der Waals surface area contributed by atoms with Crippen molar-refractivity contribution in [1.29, 1.82) is 0 Å². The molecule has 1 aliphatic heterocycles. The molecule has 4 rings (SSSR count). The Morgan fingerprint density at radius 1 is 1.39 bits per heavy atom. The molecule has 0 bridgehead atoms. The van der Waals surface area contributed by atoms with Crippen LogP contribution < -0.4 is 0 Å². The normalized spacial score (nSPS) is 14.1. The van der Waals surface area contributed by atoms with Gasteiger partial charge in [0.2, 0.25) is 5.91 Å². The third kappa shape index (κ3) is 4.46. The zero-order valence-electron chi connectivity index (χ0n) is 17.4. The molecule has 3 aromatic rings. The lowest BCUT2D eigenvalue weighted by molar-refractivity contribution is -0.153. The number of halogens is 1. The summed E-state index contributed by atoms with van der Waals surface area (Å²) in [6.07, 6.45) is 2.52. The van der Waals surface area contributed by atoms with E-state index in [1.165, 1.54) is 16.9 Å². The van der Waals surface area contributed by atoms with Crippen molar-refractivity contribution in [3.63, 3.8) is 0 Å². The van der Waals surface area contributed by atoms with Gasteiger partial charge in [0.05, 0.1) is 29.4 Å². The number of nitrogens with zero attached hydrogens (tertiary/aromatic N) is 3. The first-order valence-corrected chi connectivity index (χ1v) is 11.3. The number of amides is 1. The number of ether oxygens (including phenoxy) is 1. The van der Waals surface area contributed by atoms with Crippen molar-refractivity contribution in [2.45, 2.75) is 33.4 Å². The maximum atomic E-state index is 12.8. The van der Waals surface area contributed by atoms with Gasteiger partial charge in [0, 0.05) is 23.8 Å². The summed E-state index contributed by atoms with van der Waals surface area (Å²) in [6.45, 7) is 4.70. The monoisotopic (exact) mass is 461 g/mol. The summed E-state index contributed by atoms with van der Waals surface area (Å²) in [5.74, 6) is -1.09. The maximum Gasteiger partial charge on any atom is 0.311 e. The smallest absolute Gasteiger partial charge is 0.311 e. The number of aliphatic carboxylic acids is 1. The Morgan fingerprint density at radius 3 is 2.90 bits per heavy atom. The molecule has 0 saturated carbocycles. The second-order valence-electron chi connectivity index (χ2n) is 8.39. The number of aromatic nitrogens is 2. The van der Waals surface area contributed by atoms with Crippen molar-refractivity contribution < 1.29 is 19.4 Å². The average Bonchev–Trinajstić information content (AvgIpc) is 3.29. The molecule has 0 spiro atoms. The van der Waals surface area contributed by atoms with Crippen molar-refractivity contribution in [3.05, 3.63) is 50.9 Å². The van der Waals surface area contributed by atoms with Crippen LogP contribution in [0.3, 0.4) is 0 Å². The fourth-order valence-electron chi connectivity index (χ4n) is 3.80. The summed E-state index contributed by atoms with van der Waals surface area (Å²) >= 11 is 7.61. The lowest BCUT2D eigenvalue weighted by Crippen LogP contribution is -2.40. The number of rotatable bonds is 7. The molecule has 0 fully saturated rings. The first-order chi connectivity index (χ1) is 14.8. The zero-order valence-corrected chi connectivity index (χ0v) is 19.0. The molecule has 164 valence electrons. The largest absolute Gasteiger partial charge is 0.481 e. The fraction of sp³-hybridized carbons (Fsp3) is 0.409. The molecule has 9 heteroatoms. The molecule has 0 unspecified atom stereocenters. The molecule has 1 amide bonds. The van der Waals surface area contributed by atoms with E-state index in [0.717, 1.165) is 33.0 Å². The van der Waals surface area contributed by atoms with Gasteiger partial charge in [0.15, 0.2) is 0 Å². The van der Waals surface area contributed by atoms with Gasteiger partial charge < -0.3 is 19.3 Å². The van der Waals surface area contributed by atoms with Crippen LogP contribution in [0.2, 0.25) is 4.34 Å². The Kier molecular flexibility index (Phi) is 6.05. The molecule has 0 radical (unpaired) electrons. The van der Waals surface area contributed by atoms with Gasteiger partial charge >= 0.3 is 5.97 Å². The van der Waals surface area contributed by atoms with Crippen molar-refractivity contribution in [1.82, 2.24) is 14.5 Å². The third-order valence-corrected chi connectivity index (χ3v) is 6.74. The van der Waals surface area contributed by atoms with Crippen LogP contribution in [0.25, 0.3) is 11.0 Å². The molecule has 31 heavy (non-hydrogen) atoms. The SMILES string of the molecule is CC(C)(COCC(=O)N1CCc2c(n(Cc3csc(Cl)c3)c3ncccc23)C1)C(=O)O. The highest BCUT2D eigenvalue weighted by Crippen LogP contribution is 2.31. The standard InChI is InChI=1S/C22H24ClN3O4S/c1-22(2,21(28)29)13-30-11-19(27)25-7-5-15-16-4-3-6-24-20(16)26(17(15)10-25)9-14-8-18(23)31-12-14/h3-4,6,8,12H,5,7,9-11,13H2,1-2H3,(H,28,29). The first kappa shape index (κ1) is 21.8. The summed E-state index contributed by atoms with van der Waals surface area (Å²) in [6, 6.07) is 5.97. The van der Waals surface area contributed by atoms with Gasteiger partial charge in [0.25, 0.3) is 0 Å². The number of carbonyl (C=O) groups excluding carboxylic acids is 1. The van der Waals surface area contributed by atoms with Crippen molar-refractivity contribution in [2.75, 3.05) is 19.8 Å². The number of hydrogen-bond donors (Lipinski definition) is 1. The van der Waals surface area contributed by atoms with Gasteiger partial charge in [-0.2, -0.15) is 0 Å². The third-order valence-electron chi connectivity index (χ3n) is 5.60. The van der Waals surface area contributed by atoms with Crippen LogP contribution in [-0.2, 0) is 33.8 Å². The average molecular weight is 462 g/mol. The Bertz CT molecular complexity index is 1140. The van der Waals surface area contributed by atoms with Crippen LogP contribution in [0.15, 0.2) is 29.8 Å². The van der Waals surface area contributed by atoms with E-state index >= 15 is 0 Å². The summed E-state index contributed by atoms with van der Waals surface area (Å²) in [4.78, 5) is 30.4. The highest BCUT2D eigenvalue weighted by Gasteiger charge is 2.30. The molecule has 0 aliphatic carbocycles. The molecule has 0 aromatic carbocycles. The van der Waals surface area contributed by atoms with Gasteiger partial charge in [0.1, 0.15) is 12.3 Å². The van der Waals surface area contributed by atoms with E-state index in [1.807, 2.05) is 17.5 Å². The van der Waals surface area contributed by atoms with E-state index < -0.39 is 11.4 Å². The minimum atomic E-state index is -1.03. The van der Waals surface area contributed by atoms with Crippen LogP contribution in [0.4, 0.5) is 0 Å². The predicted molar refractivity (Wildman–Crippen MR) is 120 cm³/mol. The van der Waals surface area contributed by atoms with Crippen LogP contribution in [-0.4, -0.2) is 51.2 Å². The number of carboxylic acids is 1. The topological polar surface area (TPSA) is 84.7 Å². The molecular weight excluding hydrogens is 438 g/mol. The van der Waals surface area contributed by atoms with Crippen molar-refractivity contribution in [3.8, 4) is 0 Å². The molecule has 4 heterocycles. The number of hydrogen-bond acceptors (Lipinski definition) is 5. The summed E-state index contributed by atoms with van der Waals surface area (Å²) in [5.41, 5.74) is 3.27. The second kappa shape index (κ2) is 8.61. The van der Waals surface area contributed by atoms with Gasteiger partial charge in [-0.1, -0.05) is 11.6 Å². The van der Waals surface area contributed by atoms with E-state index in [2.05, 4.69) is 15.6 Å². The van der Waals surface area contributed by atoms with E-state index in [9.17, 15) is 14.7 Å². The molecule has 7 nitrogen and oxygen atoms in total. The van der Waals surface area contributed by atoms with E-state index in [-0.39, 0.29) is 19.1 Å². The molecule has 0 atom stereocenters.